The monoisotopic (exact) mass is 277 g/mol. The number of benzene rings is 1. The van der Waals surface area contributed by atoms with Crippen molar-refractivity contribution in [2.45, 2.75) is 26.9 Å². The topological polar surface area (TPSA) is 29.9 Å². The van der Waals surface area contributed by atoms with Crippen molar-refractivity contribution in [1.29, 1.82) is 0 Å². The number of hydrogen-bond donors (Lipinski definition) is 1. The van der Waals surface area contributed by atoms with Crippen LogP contribution in [0.1, 0.15) is 25.0 Å². The smallest absolute Gasteiger partial charge is 0.0674 e. The molecule has 19 heavy (non-hydrogen) atoms. The molecule has 0 radical (unpaired) electrons. The second kappa shape index (κ2) is 6.73. The molecule has 0 aliphatic rings. The van der Waals surface area contributed by atoms with Gasteiger partial charge < -0.3 is 5.32 Å². The fraction of sp³-hybridized carbons (Fsp3) is 0.400. The average molecular weight is 278 g/mol. The molecule has 102 valence electrons. The van der Waals surface area contributed by atoms with E-state index in [1.165, 1.54) is 5.56 Å². The molecule has 0 amide bonds. The van der Waals surface area contributed by atoms with E-state index in [2.05, 4.69) is 30.5 Å². The van der Waals surface area contributed by atoms with Crippen molar-refractivity contribution in [2.75, 3.05) is 6.54 Å². The zero-order chi connectivity index (χ0) is 13.7. The van der Waals surface area contributed by atoms with E-state index in [-0.39, 0.29) is 0 Å². The van der Waals surface area contributed by atoms with Crippen LogP contribution in [-0.2, 0) is 13.1 Å². The van der Waals surface area contributed by atoms with Crippen LogP contribution in [0.3, 0.4) is 0 Å². The Labute approximate surface area is 119 Å². The summed E-state index contributed by atoms with van der Waals surface area (Å²) in [5.74, 6) is 0.665. The summed E-state index contributed by atoms with van der Waals surface area (Å²) in [7, 11) is 0. The van der Waals surface area contributed by atoms with Gasteiger partial charge in [-0.05, 0) is 24.1 Å². The van der Waals surface area contributed by atoms with Crippen molar-refractivity contribution in [2.24, 2.45) is 5.92 Å². The lowest BCUT2D eigenvalue weighted by Gasteiger charge is -2.05. The molecule has 4 heteroatoms. The van der Waals surface area contributed by atoms with Crippen molar-refractivity contribution in [3.63, 3.8) is 0 Å². The van der Waals surface area contributed by atoms with E-state index >= 15 is 0 Å². The molecule has 0 atom stereocenters. The van der Waals surface area contributed by atoms with Crippen LogP contribution in [0.5, 0.6) is 0 Å². The van der Waals surface area contributed by atoms with Gasteiger partial charge in [-0.25, -0.2) is 0 Å². The summed E-state index contributed by atoms with van der Waals surface area (Å²) in [5.41, 5.74) is 2.29. The Balaban J connectivity index is 1.92. The molecule has 0 aliphatic carbocycles. The van der Waals surface area contributed by atoms with Gasteiger partial charge in [0.25, 0.3) is 0 Å². The Bertz CT molecular complexity index is 520. The fourth-order valence-electron chi connectivity index (χ4n) is 1.89. The lowest BCUT2D eigenvalue weighted by molar-refractivity contribution is 0.552. The van der Waals surface area contributed by atoms with E-state index in [4.69, 9.17) is 11.6 Å². The van der Waals surface area contributed by atoms with Crippen LogP contribution in [0.25, 0.3) is 0 Å². The van der Waals surface area contributed by atoms with E-state index in [1.807, 2.05) is 35.1 Å². The average Bonchev–Trinajstić information content (AvgIpc) is 2.79. The zero-order valence-electron chi connectivity index (χ0n) is 11.4. The van der Waals surface area contributed by atoms with Gasteiger partial charge >= 0.3 is 0 Å². The second-order valence-electron chi connectivity index (χ2n) is 5.16. The first-order valence-corrected chi connectivity index (χ1v) is 6.98. The van der Waals surface area contributed by atoms with Crippen LogP contribution in [0.15, 0.2) is 36.7 Å². The van der Waals surface area contributed by atoms with Gasteiger partial charge in [-0.1, -0.05) is 43.6 Å². The minimum absolute atomic E-state index is 0.665. The molecule has 0 saturated carbocycles. The molecule has 2 rings (SSSR count). The van der Waals surface area contributed by atoms with E-state index in [0.29, 0.717) is 12.5 Å². The summed E-state index contributed by atoms with van der Waals surface area (Å²) in [5, 5.41) is 8.57. The zero-order valence-corrected chi connectivity index (χ0v) is 12.2. The maximum absolute atomic E-state index is 6.15. The standard InChI is InChI=1S/C15H20ClN3/c1-12(2)7-17-8-13-9-18-19(10-13)11-14-5-3-4-6-15(14)16/h3-6,9-10,12,17H,7-8,11H2,1-2H3. The summed E-state index contributed by atoms with van der Waals surface area (Å²) >= 11 is 6.15. The van der Waals surface area contributed by atoms with Gasteiger partial charge in [-0.2, -0.15) is 5.10 Å². The fourth-order valence-corrected chi connectivity index (χ4v) is 2.09. The van der Waals surface area contributed by atoms with Crippen LogP contribution in [0.4, 0.5) is 0 Å². The number of nitrogens with one attached hydrogen (secondary N) is 1. The third kappa shape index (κ3) is 4.37. The third-order valence-corrected chi connectivity index (χ3v) is 3.23. The van der Waals surface area contributed by atoms with Crippen molar-refractivity contribution < 1.29 is 0 Å². The molecule has 2 aromatic rings. The van der Waals surface area contributed by atoms with Gasteiger partial charge in [0.1, 0.15) is 0 Å². The van der Waals surface area contributed by atoms with E-state index in [9.17, 15) is 0 Å². The first kappa shape index (κ1) is 14.1. The first-order valence-electron chi connectivity index (χ1n) is 6.60. The van der Waals surface area contributed by atoms with Crippen LogP contribution in [-0.4, -0.2) is 16.3 Å². The summed E-state index contributed by atoms with van der Waals surface area (Å²) in [6.07, 6.45) is 3.97. The lowest BCUT2D eigenvalue weighted by Crippen LogP contribution is -2.18. The highest BCUT2D eigenvalue weighted by molar-refractivity contribution is 6.31. The van der Waals surface area contributed by atoms with Crippen molar-refractivity contribution >= 4 is 11.6 Å². The Morgan fingerprint density at radius 3 is 2.84 bits per heavy atom. The third-order valence-electron chi connectivity index (χ3n) is 2.86. The van der Waals surface area contributed by atoms with Gasteiger partial charge in [0.15, 0.2) is 0 Å². The molecule has 0 unspecified atom stereocenters. The highest BCUT2D eigenvalue weighted by Crippen LogP contribution is 2.16. The summed E-state index contributed by atoms with van der Waals surface area (Å²) < 4.78 is 1.92. The summed E-state index contributed by atoms with van der Waals surface area (Å²) in [4.78, 5) is 0. The Kier molecular flexibility index (Phi) is 5.00. The molecule has 0 fully saturated rings. The van der Waals surface area contributed by atoms with Gasteiger partial charge in [-0.15, -0.1) is 0 Å². The normalized spacial score (nSPS) is 11.2. The number of aromatic nitrogens is 2. The number of hydrogen-bond acceptors (Lipinski definition) is 2. The van der Waals surface area contributed by atoms with Gasteiger partial charge in [0.05, 0.1) is 12.7 Å². The highest BCUT2D eigenvalue weighted by atomic mass is 35.5. The van der Waals surface area contributed by atoms with Gasteiger partial charge in [0, 0.05) is 23.3 Å². The molecule has 1 aromatic heterocycles. The predicted molar refractivity (Wildman–Crippen MR) is 79.3 cm³/mol. The predicted octanol–water partition coefficient (Wildman–Crippen LogP) is 3.33. The van der Waals surface area contributed by atoms with Crippen molar-refractivity contribution in [3.05, 3.63) is 52.8 Å². The molecule has 1 heterocycles. The van der Waals surface area contributed by atoms with Crippen molar-refractivity contribution in [1.82, 2.24) is 15.1 Å². The maximum Gasteiger partial charge on any atom is 0.0674 e. The number of rotatable bonds is 6. The molecule has 1 aromatic carbocycles. The van der Waals surface area contributed by atoms with Crippen LogP contribution < -0.4 is 5.32 Å². The minimum atomic E-state index is 0.665. The number of halogens is 1. The van der Waals surface area contributed by atoms with Crippen molar-refractivity contribution in [3.8, 4) is 0 Å². The summed E-state index contributed by atoms with van der Waals surface area (Å²) in [6.45, 7) is 7.00. The molecule has 3 nitrogen and oxygen atoms in total. The van der Waals surface area contributed by atoms with E-state index in [0.717, 1.165) is 23.7 Å². The largest absolute Gasteiger partial charge is 0.312 e. The molecule has 0 bridgehead atoms. The summed E-state index contributed by atoms with van der Waals surface area (Å²) in [6, 6.07) is 7.87. The molecule has 0 spiro atoms. The van der Waals surface area contributed by atoms with E-state index < -0.39 is 0 Å². The van der Waals surface area contributed by atoms with E-state index in [1.54, 1.807) is 0 Å². The molecule has 0 saturated heterocycles. The molecule has 1 N–H and O–H groups in total. The maximum atomic E-state index is 6.15. The molecular formula is C15H20ClN3. The second-order valence-corrected chi connectivity index (χ2v) is 5.57. The first-order chi connectivity index (χ1) is 9.15. The SMILES string of the molecule is CC(C)CNCc1cnn(Cc2ccccc2Cl)c1. The van der Waals surface area contributed by atoms with Gasteiger partial charge in [0.2, 0.25) is 0 Å². The minimum Gasteiger partial charge on any atom is -0.312 e. The Morgan fingerprint density at radius 1 is 1.32 bits per heavy atom. The number of nitrogens with zero attached hydrogens (tertiary/aromatic N) is 2. The lowest BCUT2D eigenvalue weighted by atomic mass is 10.2. The Hall–Kier alpha value is -1.32. The van der Waals surface area contributed by atoms with Crippen LogP contribution in [0, 0.1) is 5.92 Å². The Morgan fingerprint density at radius 2 is 2.11 bits per heavy atom. The van der Waals surface area contributed by atoms with Crippen LogP contribution >= 0.6 is 11.6 Å². The quantitative estimate of drug-likeness (QED) is 0.878. The molecule has 0 aliphatic heterocycles. The molecular weight excluding hydrogens is 258 g/mol. The van der Waals surface area contributed by atoms with Crippen LogP contribution in [0.2, 0.25) is 5.02 Å². The van der Waals surface area contributed by atoms with Gasteiger partial charge in [-0.3, -0.25) is 4.68 Å². The highest BCUT2D eigenvalue weighted by Gasteiger charge is 2.03.